The fourth-order valence-electron chi connectivity index (χ4n) is 3.30. The number of rotatable bonds is 10. The Balaban J connectivity index is 1.75. The normalized spacial score (nSPS) is 12.9. The van der Waals surface area contributed by atoms with Crippen LogP contribution in [0.1, 0.15) is 17.5 Å². The number of carbonyl (C=O) groups is 3. The van der Waals surface area contributed by atoms with Gasteiger partial charge >= 0.3 is 5.97 Å². The molecule has 0 aromatic heterocycles. The summed E-state index contributed by atoms with van der Waals surface area (Å²) in [5.41, 5.74) is 1.55. The lowest BCUT2D eigenvalue weighted by atomic mass is 10.1. The average Bonchev–Trinajstić information content (AvgIpc) is 3.17. The van der Waals surface area contributed by atoms with Crippen molar-refractivity contribution in [1.82, 2.24) is 4.90 Å². The highest BCUT2D eigenvalue weighted by atomic mass is 16.6. The summed E-state index contributed by atoms with van der Waals surface area (Å²) in [5.74, 6) is 0.631. The van der Waals surface area contributed by atoms with Gasteiger partial charge in [0.25, 0.3) is 11.8 Å². The van der Waals surface area contributed by atoms with Gasteiger partial charge in [-0.15, -0.1) is 0 Å². The minimum absolute atomic E-state index is 0.0630. The van der Waals surface area contributed by atoms with E-state index in [-0.39, 0.29) is 18.7 Å². The van der Waals surface area contributed by atoms with Crippen molar-refractivity contribution in [1.29, 1.82) is 0 Å². The number of benzene rings is 2. The van der Waals surface area contributed by atoms with Crippen LogP contribution >= 0.6 is 0 Å². The molecule has 2 aromatic carbocycles. The van der Waals surface area contributed by atoms with Gasteiger partial charge in [-0.3, -0.25) is 19.3 Å². The summed E-state index contributed by atoms with van der Waals surface area (Å²) in [5, 5.41) is 0. The summed E-state index contributed by atoms with van der Waals surface area (Å²) in [6, 6.07) is 8.74. The number of imide groups is 1. The van der Waals surface area contributed by atoms with Crippen LogP contribution in [-0.4, -0.2) is 57.7 Å². The molecular formula is C25H25NO8. The van der Waals surface area contributed by atoms with Gasteiger partial charge in [0.2, 0.25) is 5.75 Å². The predicted octanol–water partition coefficient (Wildman–Crippen LogP) is 3.11. The Hall–Kier alpha value is -4.27. The lowest BCUT2D eigenvalue weighted by Crippen LogP contribution is -2.32. The molecule has 1 aliphatic heterocycles. The Morgan fingerprint density at radius 2 is 1.32 bits per heavy atom. The van der Waals surface area contributed by atoms with Crippen molar-refractivity contribution in [3.8, 4) is 28.7 Å². The van der Waals surface area contributed by atoms with E-state index in [1.807, 2.05) is 12.2 Å². The van der Waals surface area contributed by atoms with E-state index in [0.717, 1.165) is 16.0 Å². The number of hydrogen-bond acceptors (Lipinski definition) is 8. The van der Waals surface area contributed by atoms with Crippen molar-refractivity contribution in [2.24, 2.45) is 0 Å². The van der Waals surface area contributed by atoms with Gasteiger partial charge in [-0.25, -0.2) is 0 Å². The second-order valence-electron chi connectivity index (χ2n) is 7.09. The molecule has 9 nitrogen and oxygen atoms in total. The number of esters is 1. The molecule has 0 atom stereocenters. The highest BCUT2D eigenvalue weighted by Crippen LogP contribution is 2.38. The van der Waals surface area contributed by atoms with E-state index in [0.29, 0.717) is 23.0 Å². The van der Waals surface area contributed by atoms with Crippen molar-refractivity contribution >= 4 is 29.9 Å². The minimum atomic E-state index is -0.600. The minimum Gasteiger partial charge on any atom is -0.493 e. The molecule has 2 amide bonds. The molecule has 0 N–H and O–H groups in total. The molecule has 0 bridgehead atoms. The van der Waals surface area contributed by atoms with Crippen LogP contribution in [0, 0.1) is 0 Å². The number of ether oxygens (including phenoxy) is 5. The Morgan fingerprint density at radius 3 is 1.88 bits per heavy atom. The molecule has 2 aromatic rings. The molecule has 0 aliphatic carbocycles. The third-order valence-electron chi connectivity index (χ3n) is 5.01. The first-order chi connectivity index (χ1) is 16.4. The fourth-order valence-corrected chi connectivity index (χ4v) is 3.30. The van der Waals surface area contributed by atoms with Crippen LogP contribution in [0.5, 0.6) is 28.7 Å². The van der Waals surface area contributed by atoms with Gasteiger partial charge < -0.3 is 23.7 Å². The lowest BCUT2D eigenvalue weighted by Gasteiger charge is -2.14. The number of amides is 2. The molecule has 1 aliphatic rings. The molecule has 0 saturated carbocycles. The standard InChI is InChI=1S/C25H25NO8/c1-30-18-8-7-16(5-6-17-14-20(31-2)25(33-4)21(15-17)32-3)13-19(18)34-24(29)11-12-26-22(27)9-10-23(26)28/h5-10,13-15H,11-12H2,1-4H3/b6-5-. The summed E-state index contributed by atoms with van der Waals surface area (Å²) in [4.78, 5) is 36.6. The lowest BCUT2D eigenvalue weighted by molar-refractivity contribution is -0.139. The van der Waals surface area contributed by atoms with Crippen LogP contribution in [-0.2, 0) is 14.4 Å². The largest absolute Gasteiger partial charge is 0.493 e. The van der Waals surface area contributed by atoms with Crippen molar-refractivity contribution in [3.63, 3.8) is 0 Å². The third kappa shape index (κ3) is 5.55. The van der Waals surface area contributed by atoms with Crippen LogP contribution in [0.4, 0.5) is 0 Å². The average molecular weight is 467 g/mol. The molecule has 0 fully saturated rings. The number of hydrogen-bond donors (Lipinski definition) is 0. The summed E-state index contributed by atoms with van der Waals surface area (Å²) < 4.78 is 26.8. The smallest absolute Gasteiger partial charge is 0.313 e. The van der Waals surface area contributed by atoms with E-state index >= 15 is 0 Å². The first-order valence-electron chi connectivity index (χ1n) is 10.3. The zero-order valence-corrected chi connectivity index (χ0v) is 19.3. The quantitative estimate of drug-likeness (QED) is 0.227. The third-order valence-corrected chi connectivity index (χ3v) is 5.01. The monoisotopic (exact) mass is 467 g/mol. The molecule has 1 heterocycles. The van der Waals surface area contributed by atoms with Crippen molar-refractivity contribution in [2.45, 2.75) is 6.42 Å². The van der Waals surface area contributed by atoms with Crippen LogP contribution < -0.4 is 23.7 Å². The van der Waals surface area contributed by atoms with Crippen molar-refractivity contribution < 1.29 is 38.1 Å². The van der Waals surface area contributed by atoms with E-state index in [1.54, 1.807) is 44.6 Å². The van der Waals surface area contributed by atoms with Crippen LogP contribution in [0.2, 0.25) is 0 Å². The molecule has 0 radical (unpaired) electrons. The summed E-state index contributed by atoms with van der Waals surface area (Å²) in [7, 11) is 6.08. The summed E-state index contributed by atoms with van der Waals surface area (Å²) in [6.45, 7) is -0.0630. The van der Waals surface area contributed by atoms with Gasteiger partial charge in [-0.2, -0.15) is 0 Å². The van der Waals surface area contributed by atoms with E-state index in [9.17, 15) is 14.4 Å². The number of methoxy groups -OCH3 is 4. The van der Waals surface area contributed by atoms with Crippen molar-refractivity contribution in [3.05, 3.63) is 53.6 Å². The van der Waals surface area contributed by atoms with Gasteiger partial charge in [-0.05, 0) is 35.4 Å². The maximum atomic E-state index is 12.3. The van der Waals surface area contributed by atoms with E-state index in [1.165, 1.54) is 26.4 Å². The molecule has 34 heavy (non-hydrogen) atoms. The zero-order valence-electron chi connectivity index (χ0n) is 19.3. The predicted molar refractivity (Wildman–Crippen MR) is 124 cm³/mol. The van der Waals surface area contributed by atoms with E-state index < -0.39 is 17.8 Å². The molecule has 0 saturated heterocycles. The first kappa shape index (κ1) is 24.4. The van der Waals surface area contributed by atoms with E-state index in [4.69, 9.17) is 23.7 Å². The molecule has 3 rings (SSSR count). The molecule has 9 heteroatoms. The van der Waals surface area contributed by atoms with E-state index in [2.05, 4.69) is 0 Å². The molecule has 0 unspecified atom stereocenters. The molecular weight excluding hydrogens is 442 g/mol. The second kappa shape index (κ2) is 11.0. The molecule has 178 valence electrons. The fraction of sp³-hybridized carbons (Fsp3) is 0.240. The van der Waals surface area contributed by atoms with Gasteiger partial charge in [0.05, 0.1) is 34.9 Å². The highest BCUT2D eigenvalue weighted by molar-refractivity contribution is 6.13. The summed E-state index contributed by atoms with van der Waals surface area (Å²) >= 11 is 0. The Kier molecular flexibility index (Phi) is 7.92. The Labute approximate surface area is 197 Å². The Morgan fingerprint density at radius 1 is 0.765 bits per heavy atom. The SMILES string of the molecule is COc1ccc(/C=C\c2cc(OC)c(OC)c(OC)c2)cc1OC(=O)CCN1C(=O)C=CC1=O. The Bertz CT molecular complexity index is 1110. The van der Waals surface area contributed by atoms with Gasteiger partial charge in [-0.1, -0.05) is 18.2 Å². The van der Waals surface area contributed by atoms with Crippen molar-refractivity contribution in [2.75, 3.05) is 35.0 Å². The highest BCUT2D eigenvalue weighted by Gasteiger charge is 2.24. The van der Waals surface area contributed by atoms with Gasteiger partial charge in [0.1, 0.15) is 0 Å². The van der Waals surface area contributed by atoms with Crippen LogP contribution in [0.25, 0.3) is 12.2 Å². The zero-order chi connectivity index (χ0) is 24.7. The molecule has 0 spiro atoms. The van der Waals surface area contributed by atoms with Gasteiger partial charge in [0.15, 0.2) is 23.0 Å². The van der Waals surface area contributed by atoms with Gasteiger partial charge in [0, 0.05) is 18.7 Å². The van der Waals surface area contributed by atoms with Crippen LogP contribution in [0.15, 0.2) is 42.5 Å². The summed E-state index contributed by atoms with van der Waals surface area (Å²) in [6.07, 6.45) is 5.86. The maximum Gasteiger partial charge on any atom is 0.313 e. The van der Waals surface area contributed by atoms with Crippen LogP contribution in [0.3, 0.4) is 0 Å². The first-order valence-corrected chi connectivity index (χ1v) is 10.3. The maximum absolute atomic E-state index is 12.3. The second-order valence-corrected chi connectivity index (χ2v) is 7.09. The number of carbonyl (C=O) groups excluding carboxylic acids is 3. The topological polar surface area (TPSA) is 101 Å². The number of nitrogens with zero attached hydrogens (tertiary/aromatic N) is 1.